The fourth-order valence-electron chi connectivity index (χ4n) is 4.74. The number of carbonyl (C=O) groups excluding carboxylic acids is 1. The van der Waals surface area contributed by atoms with Crippen LogP contribution in [-0.2, 0) is 4.79 Å². The minimum atomic E-state index is 0.00944. The quantitative estimate of drug-likeness (QED) is 0.391. The van der Waals surface area contributed by atoms with Gasteiger partial charge in [-0.05, 0) is 50.3 Å². The first kappa shape index (κ1) is 23.1. The van der Waals surface area contributed by atoms with Gasteiger partial charge in [0.1, 0.15) is 5.82 Å². The van der Waals surface area contributed by atoms with Crippen molar-refractivity contribution in [3.63, 3.8) is 0 Å². The summed E-state index contributed by atoms with van der Waals surface area (Å²) in [5.74, 6) is 1.64. The Hall–Kier alpha value is -3.67. The van der Waals surface area contributed by atoms with Gasteiger partial charge in [-0.3, -0.25) is 4.79 Å². The van der Waals surface area contributed by atoms with Crippen LogP contribution < -0.4 is 10.2 Å². The van der Waals surface area contributed by atoms with Crippen molar-refractivity contribution in [3.8, 4) is 11.3 Å². The molecular formula is C29H33N5O. The molecule has 6 heteroatoms. The van der Waals surface area contributed by atoms with E-state index < -0.39 is 0 Å². The van der Waals surface area contributed by atoms with Crippen molar-refractivity contribution in [2.75, 3.05) is 23.3 Å². The number of rotatable bonds is 5. The number of aromatic nitrogens is 3. The van der Waals surface area contributed by atoms with Crippen molar-refractivity contribution >= 4 is 23.1 Å². The molecule has 1 fully saturated rings. The van der Waals surface area contributed by atoms with E-state index in [1.54, 1.807) is 0 Å². The summed E-state index contributed by atoms with van der Waals surface area (Å²) in [7, 11) is 0. The molecular weight excluding hydrogens is 434 g/mol. The molecule has 1 aliphatic rings. The highest BCUT2D eigenvalue weighted by molar-refractivity contribution is 5.92. The number of amides is 1. The maximum absolute atomic E-state index is 12.9. The van der Waals surface area contributed by atoms with Gasteiger partial charge in [-0.2, -0.15) is 9.61 Å². The highest BCUT2D eigenvalue weighted by Crippen LogP contribution is 2.28. The van der Waals surface area contributed by atoms with Crippen LogP contribution in [0.3, 0.4) is 0 Å². The standard InChI is InChI=1S/C29H33N5O/c1-19(2)22-9-11-25(12-10-22)31-29(35)24-13-15-33(16-14-24)28-17-21(4)30-27-18-26(32-34(27)28)23-7-5-20(3)6-8-23/h5-12,17-19,24H,13-16H2,1-4H3,(H,31,35). The average molecular weight is 468 g/mol. The van der Waals surface area contributed by atoms with Crippen LogP contribution in [0, 0.1) is 19.8 Å². The molecule has 6 nitrogen and oxygen atoms in total. The Bertz CT molecular complexity index is 1330. The van der Waals surface area contributed by atoms with Gasteiger partial charge < -0.3 is 10.2 Å². The minimum Gasteiger partial charge on any atom is -0.356 e. The number of nitrogens with zero attached hydrogens (tertiary/aromatic N) is 4. The summed E-state index contributed by atoms with van der Waals surface area (Å²) >= 11 is 0. The summed E-state index contributed by atoms with van der Waals surface area (Å²) in [4.78, 5) is 20.0. The first-order valence-electron chi connectivity index (χ1n) is 12.5. The lowest BCUT2D eigenvalue weighted by Crippen LogP contribution is -2.39. The summed E-state index contributed by atoms with van der Waals surface area (Å²) < 4.78 is 1.94. The maximum Gasteiger partial charge on any atom is 0.227 e. The van der Waals surface area contributed by atoms with E-state index >= 15 is 0 Å². The zero-order chi connectivity index (χ0) is 24.5. The number of hydrogen-bond acceptors (Lipinski definition) is 4. The Kier molecular flexibility index (Phi) is 6.29. The Morgan fingerprint density at radius 2 is 1.66 bits per heavy atom. The van der Waals surface area contributed by atoms with E-state index in [9.17, 15) is 4.79 Å². The first-order chi connectivity index (χ1) is 16.9. The van der Waals surface area contributed by atoms with Gasteiger partial charge in [0.15, 0.2) is 5.65 Å². The van der Waals surface area contributed by atoms with Gasteiger partial charge in [0.25, 0.3) is 0 Å². The minimum absolute atomic E-state index is 0.00944. The Morgan fingerprint density at radius 1 is 0.971 bits per heavy atom. The van der Waals surface area contributed by atoms with Crippen molar-refractivity contribution in [3.05, 3.63) is 77.5 Å². The van der Waals surface area contributed by atoms with Gasteiger partial charge >= 0.3 is 0 Å². The first-order valence-corrected chi connectivity index (χ1v) is 12.5. The number of piperidine rings is 1. The third-order valence-electron chi connectivity index (χ3n) is 6.92. The predicted octanol–water partition coefficient (Wildman–Crippen LogP) is 5.99. The van der Waals surface area contributed by atoms with Crippen molar-refractivity contribution in [2.45, 2.75) is 46.5 Å². The van der Waals surface area contributed by atoms with E-state index in [-0.39, 0.29) is 11.8 Å². The fourth-order valence-corrected chi connectivity index (χ4v) is 4.74. The smallest absolute Gasteiger partial charge is 0.227 e. The van der Waals surface area contributed by atoms with E-state index in [2.05, 4.69) is 73.5 Å². The maximum atomic E-state index is 12.9. The molecule has 2 aromatic carbocycles. The number of nitrogens with one attached hydrogen (secondary N) is 1. The molecule has 1 amide bonds. The van der Waals surface area contributed by atoms with E-state index in [1.807, 2.05) is 29.6 Å². The lowest BCUT2D eigenvalue weighted by atomic mass is 9.95. The largest absolute Gasteiger partial charge is 0.356 e. The second-order valence-corrected chi connectivity index (χ2v) is 9.95. The van der Waals surface area contributed by atoms with Gasteiger partial charge in [-0.25, -0.2) is 4.98 Å². The van der Waals surface area contributed by atoms with E-state index in [0.717, 1.165) is 60.0 Å². The topological polar surface area (TPSA) is 62.5 Å². The number of benzene rings is 2. The van der Waals surface area contributed by atoms with Crippen LogP contribution >= 0.6 is 0 Å². The Balaban J connectivity index is 1.29. The van der Waals surface area contributed by atoms with Gasteiger partial charge in [-0.1, -0.05) is 55.8 Å². The second kappa shape index (κ2) is 9.53. The Morgan fingerprint density at radius 3 is 2.31 bits per heavy atom. The van der Waals surface area contributed by atoms with Gasteiger partial charge in [0.2, 0.25) is 5.91 Å². The molecule has 0 bridgehead atoms. The SMILES string of the molecule is Cc1ccc(-c2cc3nc(C)cc(N4CCC(C(=O)Nc5ccc(C(C)C)cc5)CC4)n3n2)cc1. The van der Waals surface area contributed by atoms with Crippen LogP contribution in [0.2, 0.25) is 0 Å². The molecule has 35 heavy (non-hydrogen) atoms. The van der Waals surface area contributed by atoms with Crippen molar-refractivity contribution < 1.29 is 4.79 Å². The highest BCUT2D eigenvalue weighted by Gasteiger charge is 2.27. The Labute approximate surface area is 207 Å². The van der Waals surface area contributed by atoms with Gasteiger partial charge in [0.05, 0.1) is 5.69 Å². The number of hydrogen-bond donors (Lipinski definition) is 1. The third-order valence-corrected chi connectivity index (χ3v) is 6.92. The molecule has 0 radical (unpaired) electrons. The van der Waals surface area contributed by atoms with Crippen LogP contribution in [0.1, 0.15) is 49.4 Å². The fraction of sp³-hybridized carbons (Fsp3) is 0.345. The van der Waals surface area contributed by atoms with Crippen LogP contribution in [0.25, 0.3) is 16.9 Å². The number of carbonyl (C=O) groups is 1. The zero-order valence-electron chi connectivity index (χ0n) is 21.0. The average Bonchev–Trinajstić information content (AvgIpc) is 3.28. The lowest BCUT2D eigenvalue weighted by molar-refractivity contribution is -0.120. The van der Waals surface area contributed by atoms with Crippen molar-refractivity contribution in [2.24, 2.45) is 5.92 Å². The number of anilines is 2. The molecule has 180 valence electrons. The second-order valence-electron chi connectivity index (χ2n) is 9.95. The van der Waals surface area contributed by atoms with Gasteiger partial charge in [-0.15, -0.1) is 0 Å². The molecule has 5 rings (SSSR count). The zero-order valence-corrected chi connectivity index (χ0v) is 21.0. The summed E-state index contributed by atoms with van der Waals surface area (Å²) in [6, 6.07) is 20.7. The lowest BCUT2D eigenvalue weighted by Gasteiger charge is -2.33. The molecule has 0 saturated carbocycles. The summed E-state index contributed by atoms with van der Waals surface area (Å²) in [6.07, 6.45) is 1.62. The van der Waals surface area contributed by atoms with Crippen LogP contribution in [0.5, 0.6) is 0 Å². The molecule has 1 saturated heterocycles. The monoisotopic (exact) mass is 467 g/mol. The molecule has 2 aromatic heterocycles. The molecule has 3 heterocycles. The van der Waals surface area contributed by atoms with E-state index in [1.165, 1.54) is 11.1 Å². The van der Waals surface area contributed by atoms with Gasteiger partial charge in [0, 0.05) is 48.1 Å². The predicted molar refractivity (Wildman–Crippen MR) is 142 cm³/mol. The molecule has 1 aliphatic heterocycles. The normalized spacial score (nSPS) is 14.6. The van der Waals surface area contributed by atoms with Crippen LogP contribution in [0.4, 0.5) is 11.5 Å². The summed E-state index contributed by atoms with van der Waals surface area (Å²) in [5, 5.41) is 8.00. The van der Waals surface area contributed by atoms with Crippen LogP contribution in [0.15, 0.2) is 60.7 Å². The van der Waals surface area contributed by atoms with Crippen molar-refractivity contribution in [1.29, 1.82) is 0 Å². The summed E-state index contributed by atoms with van der Waals surface area (Å²) in [5.41, 5.74) is 7.19. The molecule has 1 N–H and O–H groups in total. The molecule has 0 unspecified atom stereocenters. The number of fused-ring (bicyclic) bond motifs is 1. The van der Waals surface area contributed by atoms with Crippen LogP contribution in [-0.4, -0.2) is 33.6 Å². The van der Waals surface area contributed by atoms with Crippen molar-refractivity contribution in [1.82, 2.24) is 14.6 Å². The third kappa shape index (κ3) is 4.92. The molecule has 0 spiro atoms. The molecule has 0 aliphatic carbocycles. The molecule has 0 atom stereocenters. The molecule has 4 aromatic rings. The van der Waals surface area contributed by atoms with E-state index in [0.29, 0.717) is 5.92 Å². The summed E-state index contributed by atoms with van der Waals surface area (Å²) in [6.45, 7) is 10.1. The van der Waals surface area contributed by atoms with E-state index in [4.69, 9.17) is 10.1 Å². The number of aryl methyl sites for hydroxylation is 2. The highest BCUT2D eigenvalue weighted by atomic mass is 16.1.